The molecule has 1 aromatic carbocycles. The van der Waals surface area contributed by atoms with Crippen LogP contribution in [0.1, 0.15) is 5.82 Å². The average molecular weight is 377 g/mol. The van der Waals surface area contributed by atoms with Crippen molar-refractivity contribution >= 4 is 23.2 Å². The van der Waals surface area contributed by atoms with Crippen LogP contribution in [0.5, 0.6) is 0 Å². The Hall–Kier alpha value is -2.19. The van der Waals surface area contributed by atoms with E-state index in [1.54, 1.807) is 12.1 Å². The molecule has 3 aromatic rings. The minimum atomic E-state index is -4.79. The summed E-state index contributed by atoms with van der Waals surface area (Å²) in [6.07, 6.45) is -3.41. The van der Waals surface area contributed by atoms with Gasteiger partial charge in [-0.15, -0.1) is 5.10 Å². The predicted octanol–water partition coefficient (Wildman–Crippen LogP) is 4.79. The molecule has 2 heterocycles. The fraction of sp³-hybridized carbons (Fsp3) is 0.0714. The summed E-state index contributed by atoms with van der Waals surface area (Å²) in [7, 11) is 0. The molecule has 0 aliphatic carbocycles. The van der Waals surface area contributed by atoms with E-state index in [-0.39, 0.29) is 27.3 Å². The first-order valence-corrected chi connectivity index (χ1v) is 7.13. The van der Waals surface area contributed by atoms with E-state index in [1.165, 1.54) is 12.3 Å². The summed E-state index contributed by atoms with van der Waals surface area (Å²) in [6, 6.07) is 6.55. The van der Waals surface area contributed by atoms with Crippen LogP contribution in [0.25, 0.3) is 17.2 Å². The van der Waals surface area contributed by atoms with Crippen molar-refractivity contribution in [2.45, 2.75) is 6.18 Å². The predicted molar refractivity (Wildman–Crippen MR) is 79.6 cm³/mol. The lowest BCUT2D eigenvalue weighted by Gasteiger charge is -2.07. The quantitative estimate of drug-likeness (QED) is 0.476. The van der Waals surface area contributed by atoms with Gasteiger partial charge in [-0.2, -0.15) is 17.9 Å². The number of hydrogen-bond acceptors (Lipinski definition) is 3. The van der Waals surface area contributed by atoms with Crippen LogP contribution < -0.4 is 0 Å². The number of aromatic nitrogens is 4. The minimum Gasteiger partial charge on any atom is -0.237 e. The topological polar surface area (TPSA) is 43.6 Å². The third-order valence-electron chi connectivity index (χ3n) is 2.98. The molecule has 2 aromatic heterocycles. The Morgan fingerprint density at radius 2 is 1.79 bits per heavy atom. The Morgan fingerprint density at radius 3 is 2.42 bits per heavy atom. The van der Waals surface area contributed by atoms with Gasteiger partial charge in [0, 0.05) is 11.8 Å². The number of rotatable bonds is 2. The Morgan fingerprint density at radius 1 is 1.04 bits per heavy atom. The third kappa shape index (κ3) is 3.07. The summed E-state index contributed by atoms with van der Waals surface area (Å²) in [5.41, 5.74) is -0.0905. The van der Waals surface area contributed by atoms with Crippen molar-refractivity contribution in [2.24, 2.45) is 0 Å². The second-order valence-corrected chi connectivity index (χ2v) is 5.42. The van der Waals surface area contributed by atoms with Gasteiger partial charge in [0.15, 0.2) is 11.6 Å². The first kappa shape index (κ1) is 16.7. The van der Waals surface area contributed by atoms with Gasteiger partial charge in [0.05, 0.1) is 10.0 Å². The average Bonchev–Trinajstić information content (AvgIpc) is 2.97. The highest BCUT2D eigenvalue weighted by Crippen LogP contribution is 2.35. The van der Waals surface area contributed by atoms with Gasteiger partial charge in [-0.3, -0.25) is 0 Å². The molecule has 0 saturated carbocycles. The number of halogens is 6. The molecule has 0 saturated heterocycles. The van der Waals surface area contributed by atoms with E-state index in [4.69, 9.17) is 23.2 Å². The number of nitrogens with zero attached hydrogens (tertiary/aromatic N) is 4. The molecule has 0 amide bonds. The highest BCUT2D eigenvalue weighted by atomic mass is 35.5. The summed E-state index contributed by atoms with van der Waals surface area (Å²) in [5.74, 6) is -2.47. The maximum absolute atomic E-state index is 13.7. The standard InChI is InChI=1S/C14H6Cl2F4N4/c15-8-6-9(16)10(17)5-7(8)12-22-13(14(18,19)20)23-24(12)11-3-1-2-4-21-11/h1-6H. The molecule has 4 nitrogen and oxygen atoms in total. The van der Waals surface area contributed by atoms with Crippen molar-refractivity contribution in [3.05, 3.63) is 58.2 Å². The number of pyridine rings is 1. The lowest BCUT2D eigenvalue weighted by Crippen LogP contribution is -2.09. The van der Waals surface area contributed by atoms with Crippen LogP contribution in [-0.2, 0) is 6.18 Å². The maximum Gasteiger partial charge on any atom is 0.453 e. The molecule has 0 bridgehead atoms. The van der Waals surface area contributed by atoms with Crippen LogP contribution in [-0.4, -0.2) is 19.7 Å². The molecule has 0 atom stereocenters. The molecule has 0 aliphatic heterocycles. The number of benzene rings is 1. The largest absolute Gasteiger partial charge is 0.453 e. The first-order valence-electron chi connectivity index (χ1n) is 6.38. The fourth-order valence-corrected chi connectivity index (χ4v) is 2.41. The Bertz CT molecular complexity index is 894. The Labute approximate surface area is 142 Å². The van der Waals surface area contributed by atoms with Gasteiger partial charge in [-0.05, 0) is 24.3 Å². The van der Waals surface area contributed by atoms with Crippen LogP contribution >= 0.6 is 23.2 Å². The SMILES string of the molecule is Fc1cc(-c2nc(C(F)(F)F)nn2-c2ccccn2)c(Cl)cc1Cl. The lowest BCUT2D eigenvalue weighted by molar-refractivity contribution is -0.144. The lowest BCUT2D eigenvalue weighted by atomic mass is 10.2. The highest BCUT2D eigenvalue weighted by molar-refractivity contribution is 6.36. The van der Waals surface area contributed by atoms with Crippen molar-refractivity contribution in [1.82, 2.24) is 19.7 Å². The maximum atomic E-state index is 13.7. The van der Waals surface area contributed by atoms with Crippen molar-refractivity contribution in [2.75, 3.05) is 0 Å². The van der Waals surface area contributed by atoms with E-state index in [0.29, 0.717) is 0 Å². The molecule has 3 rings (SSSR count). The summed E-state index contributed by atoms with van der Waals surface area (Å²) in [4.78, 5) is 7.38. The first-order chi connectivity index (χ1) is 11.3. The zero-order valence-electron chi connectivity index (χ0n) is 11.5. The van der Waals surface area contributed by atoms with Crippen LogP contribution in [0.4, 0.5) is 17.6 Å². The monoisotopic (exact) mass is 376 g/mol. The van der Waals surface area contributed by atoms with Gasteiger partial charge in [-0.25, -0.2) is 14.4 Å². The highest BCUT2D eigenvalue weighted by Gasteiger charge is 2.38. The molecular formula is C14H6Cl2F4N4. The Kier molecular flexibility index (Phi) is 4.18. The zero-order chi connectivity index (χ0) is 17.5. The normalized spacial score (nSPS) is 11.8. The molecule has 24 heavy (non-hydrogen) atoms. The van der Waals surface area contributed by atoms with Gasteiger partial charge < -0.3 is 0 Å². The second-order valence-electron chi connectivity index (χ2n) is 4.60. The zero-order valence-corrected chi connectivity index (χ0v) is 13.0. The van der Waals surface area contributed by atoms with Gasteiger partial charge >= 0.3 is 6.18 Å². The van der Waals surface area contributed by atoms with Crippen molar-refractivity contribution < 1.29 is 17.6 Å². The van der Waals surface area contributed by atoms with Gasteiger partial charge in [0.2, 0.25) is 0 Å². The molecule has 124 valence electrons. The number of alkyl halides is 3. The summed E-state index contributed by atoms with van der Waals surface area (Å²) in [5, 5.41) is 3.10. The van der Waals surface area contributed by atoms with Crippen molar-refractivity contribution in [1.29, 1.82) is 0 Å². The van der Waals surface area contributed by atoms with E-state index >= 15 is 0 Å². The van der Waals surface area contributed by atoms with E-state index in [2.05, 4.69) is 15.1 Å². The van der Waals surface area contributed by atoms with Crippen LogP contribution in [0.3, 0.4) is 0 Å². The van der Waals surface area contributed by atoms with E-state index < -0.39 is 17.8 Å². The van der Waals surface area contributed by atoms with Crippen LogP contribution in [0.2, 0.25) is 10.0 Å². The molecule has 10 heteroatoms. The Balaban J connectivity index is 2.27. The molecule has 0 aliphatic rings. The minimum absolute atomic E-state index is 0.0697. The molecule has 0 radical (unpaired) electrons. The molecular weight excluding hydrogens is 371 g/mol. The van der Waals surface area contributed by atoms with Gasteiger partial charge in [0.1, 0.15) is 5.82 Å². The van der Waals surface area contributed by atoms with Crippen molar-refractivity contribution in [3.8, 4) is 17.2 Å². The summed E-state index contributed by atoms with van der Waals surface area (Å²) >= 11 is 11.6. The van der Waals surface area contributed by atoms with Crippen molar-refractivity contribution in [3.63, 3.8) is 0 Å². The van der Waals surface area contributed by atoms with Crippen LogP contribution in [0, 0.1) is 5.82 Å². The third-order valence-corrected chi connectivity index (χ3v) is 3.58. The number of hydrogen-bond donors (Lipinski definition) is 0. The van der Waals surface area contributed by atoms with Gasteiger partial charge in [-0.1, -0.05) is 29.3 Å². The molecule has 0 fully saturated rings. The summed E-state index contributed by atoms with van der Waals surface area (Å²) < 4.78 is 53.5. The second kappa shape index (κ2) is 6.03. The fourth-order valence-electron chi connectivity index (χ4n) is 1.94. The molecule has 0 N–H and O–H groups in total. The van der Waals surface area contributed by atoms with E-state index in [9.17, 15) is 17.6 Å². The van der Waals surface area contributed by atoms with Gasteiger partial charge in [0.25, 0.3) is 5.82 Å². The molecule has 0 unspecified atom stereocenters. The van der Waals surface area contributed by atoms with Crippen LogP contribution in [0.15, 0.2) is 36.5 Å². The molecule has 0 spiro atoms. The van der Waals surface area contributed by atoms with E-state index in [0.717, 1.165) is 16.8 Å². The smallest absolute Gasteiger partial charge is 0.237 e. The summed E-state index contributed by atoms with van der Waals surface area (Å²) in [6.45, 7) is 0. The van der Waals surface area contributed by atoms with E-state index in [1.807, 2.05) is 0 Å².